The van der Waals surface area contributed by atoms with Crippen molar-refractivity contribution in [2.45, 2.75) is 77.6 Å². The van der Waals surface area contributed by atoms with E-state index in [-0.39, 0.29) is 5.92 Å². The van der Waals surface area contributed by atoms with Gasteiger partial charge >= 0.3 is 18.3 Å². The summed E-state index contributed by atoms with van der Waals surface area (Å²) in [6.07, 6.45) is -5.32. The average molecular weight is 338 g/mol. The summed E-state index contributed by atoms with van der Waals surface area (Å²) in [5.74, 6) is -0.736. The standard InChI is InChI=1S/C11H22O2.C3H2F6/c1-3-5-6-7-8-9-10(4-2)11(12)13;4-2(5,6)1-3(7,8)9/h10H,3-9H2,1-2H3,(H,12,13);1H2. The van der Waals surface area contributed by atoms with E-state index in [2.05, 4.69) is 6.92 Å². The van der Waals surface area contributed by atoms with Crippen LogP contribution < -0.4 is 0 Å². The average Bonchev–Trinajstić information content (AvgIpc) is 2.29. The zero-order chi connectivity index (χ0) is 17.8. The van der Waals surface area contributed by atoms with Crippen LogP contribution in [0.1, 0.15) is 65.2 Å². The first-order valence-corrected chi connectivity index (χ1v) is 7.29. The lowest BCUT2D eigenvalue weighted by Gasteiger charge is -2.08. The van der Waals surface area contributed by atoms with Gasteiger partial charge in [0.2, 0.25) is 0 Å². The number of rotatable bonds is 8. The maximum absolute atomic E-state index is 10.8. The van der Waals surface area contributed by atoms with E-state index in [1.54, 1.807) is 0 Å². The Bertz CT molecular complexity index is 274. The van der Waals surface area contributed by atoms with Crippen LogP contribution >= 0.6 is 0 Å². The van der Waals surface area contributed by atoms with Crippen LogP contribution in [-0.4, -0.2) is 23.4 Å². The SMILES string of the molecule is CCCCCCCC(CC)C(=O)O.FC(F)(F)CC(F)(F)F. The fraction of sp³-hybridized carbons (Fsp3) is 0.929. The molecule has 134 valence electrons. The van der Waals surface area contributed by atoms with E-state index >= 15 is 0 Å². The molecule has 0 spiro atoms. The molecule has 0 aromatic rings. The van der Waals surface area contributed by atoms with Crippen LogP contribution in [0.5, 0.6) is 0 Å². The fourth-order valence-electron chi connectivity index (χ4n) is 1.72. The van der Waals surface area contributed by atoms with Crippen molar-refractivity contribution in [1.82, 2.24) is 0 Å². The van der Waals surface area contributed by atoms with Gasteiger partial charge in [-0.15, -0.1) is 0 Å². The molecule has 0 saturated carbocycles. The van der Waals surface area contributed by atoms with E-state index in [4.69, 9.17) is 5.11 Å². The molecule has 0 aliphatic carbocycles. The predicted molar refractivity (Wildman–Crippen MR) is 71.5 cm³/mol. The van der Waals surface area contributed by atoms with Crippen LogP contribution in [0.3, 0.4) is 0 Å². The van der Waals surface area contributed by atoms with E-state index in [1.165, 1.54) is 25.7 Å². The number of carbonyl (C=O) groups is 1. The molecule has 0 heterocycles. The minimum atomic E-state index is -5.14. The number of unbranched alkanes of at least 4 members (excludes halogenated alkanes) is 4. The summed E-state index contributed by atoms with van der Waals surface area (Å²) in [4.78, 5) is 10.7. The van der Waals surface area contributed by atoms with Gasteiger partial charge in [-0.25, -0.2) is 0 Å². The Labute approximate surface area is 126 Å². The van der Waals surface area contributed by atoms with Crippen LogP contribution in [0, 0.1) is 5.92 Å². The van der Waals surface area contributed by atoms with Crippen molar-refractivity contribution in [3.8, 4) is 0 Å². The normalized spacial score (nSPS) is 13.3. The summed E-state index contributed by atoms with van der Waals surface area (Å²) in [5.41, 5.74) is 0. The molecule has 0 amide bonds. The van der Waals surface area contributed by atoms with Crippen molar-refractivity contribution < 1.29 is 36.2 Å². The topological polar surface area (TPSA) is 37.3 Å². The zero-order valence-electron chi connectivity index (χ0n) is 12.9. The summed E-state index contributed by atoms with van der Waals surface area (Å²) in [7, 11) is 0. The molecule has 0 saturated heterocycles. The van der Waals surface area contributed by atoms with Gasteiger partial charge in [0.25, 0.3) is 0 Å². The monoisotopic (exact) mass is 338 g/mol. The third-order valence-corrected chi connectivity index (χ3v) is 2.90. The molecular weight excluding hydrogens is 314 g/mol. The highest BCUT2D eigenvalue weighted by Gasteiger charge is 2.43. The molecule has 1 atom stereocenters. The van der Waals surface area contributed by atoms with Crippen molar-refractivity contribution in [3.63, 3.8) is 0 Å². The summed E-state index contributed by atoms with van der Waals surface area (Å²) in [6, 6.07) is 0. The highest BCUT2D eigenvalue weighted by Crippen LogP contribution is 2.31. The first kappa shape index (κ1) is 23.3. The molecule has 0 aliphatic rings. The van der Waals surface area contributed by atoms with E-state index in [9.17, 15) is 31.1 Å². The van der Waals surface area contributed by atoms with Gasteiger partial charge in [-0.3, -0.25) is 4.79 Å². The van der Waals surface area contributed by atoms with Crippen molar-refractivity contribution in [2.75, 3.05) is 0 Å². The zero-order valence-corrected chi connectivity index (χ0v) is 12.9. The second-order valence-corrected chi connectivity index (χ2v) is 5.05. The first-order chi connectivity index (χ1) is 9.93. The number of hydrogen-bond donors (Lipinski definition) is 1. The van der Waals surface area contributed by atoms with E-state index in [1.807, 2.05) is 6.92 Å². The Balaban J connectivity index is 0. The molecule has 0 bridgehead atoms. The molecule has 0 aromatic carbocycles. The van der Waals surface area contributed by atoms with E-state index < -0.39 is 24.7 Å². The lowest BCUT2D eigenvalue weighted by Crippen LogP contribution is -2.20. The third-order valence-electron chi connectivity index (χ3n) is 2.90. The molecule has 0 radical (unpaired) electrons. The molecule has 1 N–H and O–H groups in total. The van der Waals surface area contributed by atoms with E-state index in [0.717, 1.165) is 19.3 Å². The Morgan fingerprint density at radius 2 is 1.36 bits per heavy atom. The van der Waals surface area contributed by atoms with Crippen molar-refractivity contribution in [3.05, 3.63) is 0 Å². The third kappa shape index (κ3) is 19.1. The summed E-state index contributed by atoms with van der Waals surface area (Å²) >= 11 is 0. The molecule has 1 unspecified atom stereocenters. The van der Waals surface area contributed by atoms with Gasteiger partial charge in [-0.2, -0.15) is 26.3 Å². The highest BCUT2D eigenvalue weighted by molar-refractivity contribution is 5.69. The number of carboxylic acid groups (broad SMARTS) is 1. The van der Waals surface area contributed by atoms with Gasteiger partial charge in [-0.1, -0.05) is 46.0 Å². The van der Waals surface area contributed by atoms with Crippen molar-refractivity contribution in [1.29, 1.82) is 0 Å². The van der Waals surface area contributed by atoms with Crippen LogP contribution in [0.25, 0.3) is 0 Å². The Hall–Kier alpha value is -0.950. The highest BCUT2D eigenvalue weighted by atomic mass is 19.4. The number of carboxylic acids is 1. The Morgan fingerprint density at radius 3 is 1.64 bits per heavy atom. The maximum Gasteiger partial charge on any atom is 0.397 e. The summed E-state index contributed by atoms with van der Waals surface area (Å²) < 4.78 is 65.0. The molecule has 22 heavy (non-hydrogen) atoms. The number of aliphatic carboxylic acids is 1. The minimum absolute atomic E-state index is 0.110. The summed E-state index contributed by atoms with van der Waals surface area (Å²) in [6.45, 7) is 4.14. The molecular formula is C14H24F6O2. The van der Waals surface area contributed by atoms with Gasteiger partial charge in [0, 0.05) is 0 Å². The van der Waals surface area contributed by atoms with Crippen molar-refractivity contribution in [2.24, 2.45) is 5.92 Å². The van der Waals surface area contributed by atoms with Crippen LogP contribution in [0.2, 0.25) is 0 Å². The minimum Gasteiger partial charge on any atom is -0.481 e. The fourth-order valence-corrected chi connectivity index (χ4v) is 1.72. The van der Waals surface area contributed by atoms with Gasteiger partial charge < -0.3 is 5.11 Å². The first-order valence-electron chi connectivity index (χ1n) is 7.29. The molecule has 2 nitrogen and oxygen atoms in total. The molecule has 0 aromatic heterocycles. The summed E-state index contributed by atoms with van der Waals surface area (Å²) in [5, 5.41) is 8.78. The van der Waals surface area contributed by atoms with Crippen LogP contribution in [0.4, 0.5) is 26.3 Å². The molecule has 0 fully saturated rings. The van der Waals surface area contributed by atoms with Gasteiger partial charge in [0.15, 0.2) is 0 Å². The molecule has 0 rings (SSSR count). The number of alkyl halides is 6. The van der Waals surface area contributed by atoms with Crippen LogP contribution in [-0.2, 0) is 4.79 Å². The maximum atomic E-state index is 10.8. The number of hydrogen-bond acceptors (Lipinski definition) is 1. The van der Waals surface area contributed by atoms with Crippen LogP contribution in [0.15, 0.2) is 0 Å². The van der Waals surface area contributed by atoms with Gasteiger partial charge in [0.1, 0.15) is 6.42 Å². The Kier molecular flexibility index (Phi) is 12.3. The van der Waals surface area contributed by atoms with Crippen molar-refractivity contribution >= 4 is 5.97 Å². The van der Waals surface area contributed by atoms with Gasteiger partial charge in [-0.05, 0) is 12.8 Å². The smallest absolute Gasteiger partial charge is 0.397 e. The second-order valence-electron chi connectivity index (χ2n) is 5.05. The molecule has 8 heteroatoms. The quantitative estimate of drug-likeness (QED) is 0.438. The largest absolute Gasteiger partial charge is 0.481 e. The second kappa shape index (κ2) is 11.6. The predicted octanol–water partition coefficient (Wildman–Crippen LogP) is 5.96. The van der Waals surface area contributed by atoms with E-state index in [0.29, 0.717) is 0 Å². The molecule has 0 aliphatic heterocycles. The number of halogens is 6. The van der Waals surface area contributed by atoms with Gasteiger partial charge in [0.05, 0.1) is 5.92 Å². The lowest BCUT2D eigenvalue weighted by molar-refractivity contribution is -0.232. The Morgan fingerprint density at radius 1 is 0.909 bits per heavy atom. The lowest BCUT2D eigenvalue weighted by atomic mass is 9.98.